The Hall–Kier alpha value is -1.10. The number of carbonyl (C=O) groups is 1. The molecule has 0 aromatic heterocycles. The molecule has 1 aromatic carbocycles. The highest BCUT2D eigenvalue weighted by atomic mass is 35.5. The summed E-state index contributed by atoms with van der Waals surface area (Å²) in [6.07, 6.45) is 1.98. The zero-order valence-corrected chi connectivity index (χ0v) is 15.6. The van der Waals surface area contributed by atoms with E-state index in [0.29, 0.717) is 5.91 Å². The highest BCUT2D eigenvalue weighted by Gasteiger charge is 2.37. The molecule has 2 saturated heterocycles. The van der Waals surface area contributed by atoms with Crippen LogP contribution in [0.3, 0.4) is 0 Å². The number of amides is 1. The Bertz CT molecular complexity index is 529. The number of benzene rings is 1. The fourth-order valence-corrected chi connectivity index (χ4v) is 3.80. The number of piperidine rings is 1. The lowest BCUT2D eigenvalue weighted by molar-refractivity contribution is -0.141. The van der Waals surface area contributed by atoms with Gasteiger partial charge >= 0.3 is 0 Å². The summed E-state index contributed by atoms with van der Waals surface area (Å²) in [6, 6.07) is 10.6. The smallest absolute Gasteiger partial charge is 0.225 e. The minimum Gasteiger partial charge on any atom is -0.339 e. The monoisotopic (exact) mass is 351 g/mol. The van der Waals surface area contributed by atoms with Gasteiger partial charge in [-0.15, -0.1) is 12.4 Å². The number of carbonyl (C=O) groups excluding carboxylic acids is 1. The highest BCUT2D eigenvalue weighted by Crippen LogP contribution is 2.25. The summed E-state index contributed by atoms with van der Waals surface area (Å²) in [7, 11) is 0. The van der Waals surface area contributed by atoms with Crippen molar-refractivity contribution < 1.29 is 4.79 Å². The quantitative estimate of drug-likeness (QED) is 0.909. The van der Waals surface area contributed by atoms with Crippen LogP contribution in [0.25, 0.3) is 0 Å². The molecule has 4 nitrogen and oxygen atoms in total. The van der Waals surface area contributed by atoms with E-state index in [1.54, 1.807) is 0 Å². The minimum absolute atomic E-state index is 0. The molecule has 5 heteroatoms. The number of nitrogens with one attached hydrogen (secondary N) is 1. The molecule has 0 saturated carbocycles. The highest BCUT2D eigenvalue weighted by molar-refractivity contribution is 5.85. The van der Waals surface area contributed by atoms with Crippen LogP contribution >= 0.6 is 12.4 Å². The third-order valence-corrected chi connectivity index (χ3v) is 5.29. The van der Waals surface area contributed by atoms with Crippen molar-refractivity contribution in [2.45, 2.75) is 38.8 Å². The topological polar surface area (TPSA) is 35.6 Å². The second kappa shape index (κ2) is 8.32. The molecule has 1 amide bonds. The summed E-state index contributed by atoms with van der Waals surface area (Å²) in [5.41, 5.74) is 1.37. The molecule has 2 aliphatic rings. The van der Waals surface area contributed by atoms with Crippen molar-refractivity contribution in [2.24, 2.45) is 5.92 Å². The maximum atomic E-state index is 12.8. The van der Waals surface area contributed by atoms with E-state index in [2.05, 4.69) is 59.3 Å². The Labute approximate surface area is 152 Å². The fourth-order valence-electron chi connectivity index (χ4n) is 3.80. The average Bonchev–Trinajstić information content (AvgIpc) is 2.57. The third-order valence-electron chi connectivity index (χ3n) is 5.29. The van der Waals surface area contributed by atoms with E-state index in [-0.39, 0.29) is 23.9 Å². The number of piperazine rings is 1. The summed E-state index contributed by atoms with van der Waals surface area (Å²) in [4.78, 5) is 17.4. The SMILES string of the molecule is CC1(C)CN(C(=O)C2CCNCC2)CCN1Cc1ccccc1.Cl. The molecule has 2 fully saturated rings. The van der Waals surface area contributed by atoms with Crippen LogP contribution in [-0.2, 0) is 11.3 Å². The Kier molecular flexibility index (Phi) is 6.67. The molecule has 134 valence electrons. The van der Waals surface area contributed by atoms with Crippen LogP contribution in [0.2, 0.25) is 0 Å². The average molecular weight is 352 g/mol. The first kappa shape index (κ1) is 19.2. The van der Waals surface area contributed by atoms with Gasteiger partial charge in [-0.05, 0) is 45.3 Å². The summed E-state index contributed by atoms with van der Waals surface area (Å²) >= 11 is 0. The van der Waals surface area contributed by atoms with E-state index >= 15 is 0 Å². The van der Waals surface area contributed by atoms with Crippen molar-refractivity contribution in [2.75, 3.05) is 32.7 Å². The van der Waals surface area contributed by atoms with Crippen LogP contribution < -0.4 is 5.32 Å². The second-order valence-corrected chi connectivity index (χ2v) is 7.50. The summed E-state index contributed by atoms with van der Waals surface area (Å²) in [5, 5.41) is 3.34. The first-order valence-corrected chi connectivity index (χ1v) is 8.85. The number of rotatable bonds is 3. The molecular weight excluding hydrogens is 322 g/mol. The van der Waals surface area contributed by atoms with Crippen LogP contribution in [0.1, 0.15) is 32.3 Å². The number of nitrogens with zero attached hydrogens (tertiary/aromatic N) is 2. The molecule has 0 radical (unpaired) electrons. The van der Waals surface area contributed by atoms with Crippen molar-refractivity contribution >= 4 is 18.3 Å². The Morgan fingerprint density at radius 2 is 1.83 bits per heavy atom. The van der Waals surface area contributed by atoms with Gasteiger partial charge in [0, 0.05) is 37.6 Å². The van der Waals surface area contributed by atoms with Gasteiger partial charge in [0.1, 0.15) is 0 Å². The van der Waals surface area contributed by atoms with Crippen molar-refractivity contribution in [3.63, 3.8) is 0 Å². The van der Waals surface area contributed by atoms with Crippen molar-refractivity contribution in [3.8, 4) is 0 Å². The van der Waals surface area contributed by atoms with Gasteiger partial charge in [0.25, 0.3) is 0 Å². The van der Waals surface area contributed by atoms with E-state index in [0.717, 1.165) is 52.1 Å². The Morgan fingerprint density at radius 3 is 2.46 bits per heavy atom. The molecule has 0 atom stereocenters. The van der Waals surface area contributed by atoms with Crippen molar-refractivity contribution in [3.05, 3.63) is 35.9 Å². The largest absolute Gasteiger partial charge is 0.339 e. The van der Waals surface area contributed by atoms with E-state index in [1.165, 1.54) is 5.56 Å². The molecule has 1 N–H and O–H groups in total. The minimum atomic E-state index is 0. The van der Waals surface area contributed by atoms with Gasteiger partial charge in [-0.2, -0.15) is 0 Å². The van der Waals surface area contributed by atoms with E-state index in [1.807, 2.05) is 0 Å². The van der Waals surface area contributed by atoms with Crippen LogP contribution in [0.4, 0.5) is 0 Å². The van der Waals surface area contributed by atoms with E-state index in [4.69, 9.17) is 0 Å². The number of hydrogen-bond acceptors (Lipinski definition) is 3. The van der Waals surface area contributed by atoms with Gasteiger partial charge in [0.15, 0.2) is 0 Å². The van der Waals surface area contributed by atoms with E-state index < -0.39 is 0 Å². The molecule has 3 rings (SSSR count). The van der Waals surface area contributed by atoms with Crippen LogP contribution in [0.5, 0.6) is 0 Å². The predicted molar refractivity (Wildman–Crippen MR) is 100 cm³/mol. The molecule has 0 aliphatic carbocycles. The fraction of sp³-hybridized carbons (Fsp3) is 0.632. The Balaban J connectivity index is 0.00000208. The van der Waals surface area contributed by atoms with Crippen molar-refractivity contribution in [1.29, 1.82) is 0 Å². The molecule has 1 aromatic rings. The summed E-state index contributed by atoms with van der Waals surface area (Å²) < 4.78 is 0. The maximum absolute atomic E-state index is 12.8. The molecule has 24 heavy (non-hydrogen) atoms. The van der Waals surface area contributed by atoms with Gasteiger partial charge in [-0.1, -0.05) is 30.3 Å². The lowest BCUT2D eigenvalue weighted by atomic mass is 9.93. The van der Waals surface area contributed by atoms with Gasteiger partial charge in [-0.25, -0.2) is 0 Å². The van der Waals surface area contributed by atoms with E-state index in [9.17, 15) is 4.79 Å². The van der Waals surface area contributed by atoms with Gasteiger partial charge in [0.2, 0.25) is 5.91 Å². The Morgan fingerprint density at radius 1 is 1.17 bits per heavy atom. The number of halogens is 1. The third kappa shape index (κ3) is 4.50. The summed E-state index contributed by atoms with van der Waals surface area (Å²) in [6.45, 7) is 10.1. The summed E-state index contributed by atoms with van der Waals surface area (Å²) in [5.74, 6) is 0.603. The second-order valence-electron chi connectivity index (χ2n) is 7.50. The normalized spacial score (nSPS) is 22.0. The molecule has 0 unspecified atom stereocenters. The lowest BCUT2D eigenvalue weighted by Gasteiger charge is -2.48. The van der Waals surface area contributed by atoms with Crippen LogP contribution in [0.15, 0.2) is 30.3 Å². The molecule has 2 heterocycles. The number of hydrogen-bond donors (Lipinski definition) is 1. The first-order chi connectivity index (χ1) is 11.1. The predicted octanol–water partition coefficient (Wildman–Crippen LogP) is 2.53. The standard InChI is InChI=1S/C19H29N3O.ClH/c1-19(2)15-21(18(23)17-8-10-20-11-9-17)12-13-22(19)14-16-6-4-3-5-7-16;/h3-7,17,20H,8-15H2,1-2H3;1H. The van der Waals surface area contributed by atoms with Gasteiger partial charge < -0.3 is 10.2 Å². The van der Waals surface area contributed by atoms with Gasteiger partial charge in [0.05, 0.1) is 0 Å². The zero-order valence-electron chi connectivity index (χ0n) is 14.8. The molecule has 0 spiro atoms. The van der Waals surface area contributed by atoms with Crippen LogP contribution in [-0.4, -0.2) is 54.0 Å². The zero-order chi connectivity index (χ0) is 16.3. The molecule has 0 bridgehead atoms. The lowest BCUT2D eigenvalue weighted by Crippen LogP contribution is -2.61. The van der Waals surface area contributed by atoms with Crippen LogP contribution in [0, 0.1) is 5.92 Å². The molecular formula is C19H30ClN3O. The molecule has 2 aliphatic heterocycles. The first-order valence-electron chi connectivity index (χ1n) is 8.85. The van der Waals surface area contributed by atoms with Crippen molar-refractivity contribution in [1.82, 2.24) is 15.1 Å². The maximum Gasteiger partial charge on any atom is 0.225 e. The van der Waals surface area contributed by atoms with Gasteiger partial charge in [-0.3, -0.25) is 9.69 Å².